The van der Waals surface area contributed by atoms with Gasteiger partial charge in [-0.25, -0.2) is 4.79 Å². The van der Waals surface area contributed by atoms with Gasteiger partial charge in [0.2, 0.25) is 0 Å². The molecule has 0 saturated heterocycles. The number of nitrogens with two attached hydrogens (primary N) is 1. The lowest BCUT2D eigenvalue weighted by Crippen LogP contribution is -2.49. The predicted octanol–water partition coefficient (Wildman–Crippen LogP) is 3.10. The van der Waals surface area contributed by atoms with Crippen LogP contribution in [0.3, 0.4) is 0 Å². The first-order chi connectivity index (χ1) is 9.58. The molecular formula is C17H24N2O2. The SMILES string of the molecule is CC(C)OC(=O)[C@@](N)(CC(C)(C)C)c1ccc(C#N)cc1. The summed E-state index contributed by atoms with van der Waals surface area (Å²) in [4.78, 5) is 12.5. The molecular weight excluding hydrogens is 264 g/mol. The zero-order chi connectivity index (χ0) is 16.3. The first-order valence-electron chi connectivity index (χ1n) is 7.09. The zero-order valence-corrected chi connectivity index (χ0v) is 13.4. The molecule has 4 heteroatoms. The summed E-state index contributed by atoms with van der Waals surface area (Å²) >= 11 is 0. The highest BCUT2D eigenvalue weighted by molar-refractivity contribution is 5.82. The van der Waals surface area contributed by atoms with Crippen molar-refractivity contribution < 1.29 is 9.53 Å². The molecule has 0 radical (unpaired) electrons. The topological polar surface area (TPSA) is 76.1 Å². The largest absolute Gasteiger partial charge is 0.461 e. The summed E-state index contributed by atoms with van der Waals surface area (Å²) in [6.45, 7) is 9.69. The van der Waals surface area contributed by atoms with Crippen LogP contribution < -0.4 is 5.73 Å². The third-order valence-electron chi connectivity index (χ3n) is 3.05. The standard InChI is InChI=1S/C17H24N2O2/c1-12(2)21-15(20)17(19,11-16(3,4)5)14-8-6-13(10-18)7-9-14/h6-9,12H,11,19H2,1-5H3/t17-/m1/s1. The third kappa shape index (κ3) is 4.57. The Morgan fingerprint density at radius 2 is 1.81 bits per heavy atom. The third-order valence-corrected chi connectivity index (χ3v) is 3.05. The Hall–Kier alpha value is -1.86. The first kappa shape index (κ1) is 17.2. The second-order valence-electron chi connectivity index (χ2n) is 6.85. The van der Waals surface area contributed by atoms with Gasteiger partial charge in [0.15, 0.2) is 0 Å². The molecule has 0 aliphatic rings. The molecule has 0 spiro atoms. The molecule has 2 N–H and O–H groups in total. The van der Waals surface area contributed by atoms with Gasteiger partial charge in [0.1, 0.15) is 5.54 Å². The van der Waals surface area contributed by atoms with E-state index in [0.717, 1.165) is 0 Å². The van der Waals surface area contributed by atoms with Crippen LogP contribution in [0.25, 0.3) is 0 Å². The quantitative estimate of drug-likeness (QED) is 0.864. The molecule has 0 amide bonds. The molecule has 1 rings (SSSR count). The second-order valence-corrected chi connectivity index (χ2v) is 6.85. The number of nitrogens with zero attached hydrogens (tertiary/aromatic N) is 1. The van der Waals surface area contributed by atoms with Crippen LogP contribution >= 0.6 is 0 Å². The molecule has 1 atom stereocenters. The van der Waals surface area contributed by atoms with Crippen LogP contribution in [0.2, 0.25) is 0 Å². The molecule has 0 aliphatic carbocycles. The predicted molar refractivity (Wildman–Crippen MR) is 82.3 cm³/mol. The number of benzene rings is 1. The second kappa shape index (κ2) is 6.28. The smallest absolute Gasteiger partial charge is 0.331 e. The monoisotopic (exact) mass is 288 g/mol. The number of esters is 1. The van der Waals surface area contributed by atoms with Gasteiger partial charge in [-0.3, -0.25) is 0 Å². The van der Waals surface area contributed by atoms with E-state index in [1.54, 1.807) is 38.1 Å². The molecule has 1 aromatic rings. The number of hydrogen-bond acceptors (Lipinski definition) is 4. The minimum absolute atomic E-state index is 0.140. The van der Waals surface area contributed by atoms with Gasteiger partial charge in [-0.05, 0) is 43.4 Å². The van der Waals surface area contributed by atoms with Crippen LogP contribution in [0.5, 0.6) is 0 Å². The minimum atomic E-state index is -1.21. The van der Waals surface area contributed by atoms with Crippen molar-refractivity contribution in [1.29, 1.82) is 5.26 Å². The maximum Gasteiger partial charge on any atom is 0.331 e. The summed E-state index contributed by atoms with van der Waals surface area (Å²) in [6.07, 6.45) is 0.232. The van der Waals surface area contributed by atoms with E-state index in [1.807, 2.05) is 20.8 Å². The number of hydrogen-bond donors (Lipinski definition) is 1. The van der Waals surface area contributed by atoms with Gasteiger partial charge in [-0.2, -0.15) is 5.26 Å². The number of rotatable bonds is 4. The van der Waals surface area contributed by atoms with E-state index < -0.39 is 11.5 Å². The lowest BCUT2D eigenvalue weighted by Gasteiger charge is -2.34. The van der Waals surface area contributed by atoms with Crippen molar-refractivity contribution in [3.63, 3.8) is 0 Å². The van der Waals surface area contributed by atoms with Crippen LogP contribution in [0.4, 0.5) is 0 Å². The molecule has 0 bridgehead atoms. The molecule has 0 heterocycles. The molecule has 0 saturated carbocycles. The van der Waals surface area contributed by atoms with E-state index in [4.69, 9.17) is 15.7 Å². The van der Waals surface area contributed by atoms with Crippen molar-refractivity contribution in [2.75, 3.05) is 0 Å². The summed E-state index contributed by atoms with van der Waals surface area (Å²) in [7, 11) is 0. The van der Waals surface area contributed by atoms with E-state index in [1.165, 1.54) is 0 Å². The van der Waals surface area contributed by atoms with Gasteiger partial charge in [0, 0.05) is 0 Å². The number of ether oxygens (including phenoxy) is 1. The lowest BCUT2D eigenvalue weighted by molar-refractivity contribution is -0.156. The highest BCUT2D eigenvalue weighted by Crippen LogP contribution is 2.34. The average Bonchev–Trinajstić information content (AvgIpc) is 2.36. The first-order valence-corrected chi connectivity index (χ1v) is 7.09. The van der Waals surface area contributed by atoms with Gasteiger partial charge in [0.25, 0.3) is 0 Å². The molecule has 21 heavy (non-hydrogen) atoms. The Labute approximate surface area is 126 Å². The highest BCUT2D eigenvalue weighted by atomic mass is 16.5. The fourth-order valence-corrected chi connectivity index (χ4v) is 2.29. The summed E-state index contributed by atoms with van der Waals surface area (Å²) < 4.78 is 5.34. The van der Waals surface area contributed by atoms with E-state index in [0.29, 0.717) is 17.5 Å². The Kier molecular flexibility index (Phi) is 5.14. The maximum absolute atomic E-state index is 12.5. The Morgan fingerprint density at radius 3 is 2.19 bits per heavy atom. The van der Waals surface area contributed by atoms with Crippen LogP contribution in [0, 0.1) is 16.7 Å². The fraction of sp³-hybridized carbons (Fsp3) is 0.529. The van der Waals surface area contributed by atoms with E-state index >= 15 is 0 Å². The number of carbonyl (C=O) groups is 1. The summed E-state index contributed by atoms with van der Waals surface area (Å²) in [5.74, 6) is -0.433. The molecule has 1 aromatic carbocycles. The van der Waals surface area contributed by atoms with Crippen LogP contribution in [-0.2, 0) is 15.1 Å². The molecule has 0 aliphatic heterocycles. The van der Waals surface area contributed by atoms with Crippen LogP contribution in [0.1, 0.15) is 52.2 Å². The van der Waals surface area contributed by atoms with E-state index in [9.17, 15) is 4.79 Å². The summed E-state index contributed by atoms with van der Waals surface area (Å²) in [6, 6.07) is 8.85. The Balaban J connectivity index is 3.23. The van der Waals surface area contributed by atoms with Gasteiger partial charge in [-0.1, -0.05) is 32.9 Å². The van der Waals surface area contributed by atoms with Crippen LogP contribution in [-0.4, -0.2) is 12.1 Å². The summed E-state index contributed by atoms with van der Waals surface area (Å²) in [5.41, 5.74) is 6.28. The maximum atomic E-state index is 12.5. The van der Waals surface area contributed by atoms with E-state index in [2.05, 4.69) is 6.07 Å². The number of carbonyl (C=O) groups excluding carboxylic acids is 1. The normalized spacial score (nSPS) is 14.4. The number of nitriles is 1. The lowest BCUT2D eigenvalue weighted by atomic mass is 9.76. The molecule has 4 nitrogen and oxygen atoms in total. The van der Waals surface area contributed by atoms with Crippen molar-refractivity contribution in [1.82, 2.24) is 0 Å². The van der Waals surface area contributed by atoms with E-state index in [-0.39, 0.29) is 11.5 Å². The zero-order valence-electron chi connectivity index (χ0n) is 13.4. The van der Waals surface area contributed by atoms with Gasteiger partial charge >= 0.3 is 5.97 Å². The molecule has 0 fully saturated rings. The Bertz CT molecular complexity index is 535. The van der Waals surface area contributed by atoms with Crippen molar-refractivity contribution in [2.45, 2.75) is 52.7 Å². The van der Waals surface area contributed by atoms with Crippen LogP contribution in [0.15, 0.2) is 24.3 Å². The highest BCUT2D eigenvalue weighted by Gasteiger charge is 2.41. The van der Waals surface area contributed by atoms with Gasteiger partial charge in [0.05, 0.1) is 17.7 Å². The van der Waals surface area contributed by atoms with Gasteiger partial charge in [-0.15, -0.1) is 0 Å². The van der Waals surface area contributed by atoms with Crippen molar-refractivity contribution >= 4 is 5.97 Å². The van der Waals surface area contributed by atoms with Crippen molar-refractivity contribution in [3.8, 4) is 6.07 Å². The summed E-state index contributed by atoms with van der Waals surface area (Å²) in [5, 5.41) is 8.87. The minimum Gasteiger partial charge on any atom is -0.461 e. The molecule has 0 aromatic heterocycles. The Morgan fingerprint density at radius 1 is 1.29 bits per heavy atom. The van der Waals surface area contributed by atoms with Crippen molar-refractivity contribution in [2.24, 2.45) is 11.1 Å². The average molecular weight is 288 g/mol. The molecule has 114 valence electrons. The molecule has 0 unspecified atom stereocenters. The van der Waals surface area contributed by atoms with Crippen molar-refractivity contribution in [3.05, 3.63) is 35.4 Å². The van der Waals surface area contributed by atoms with Gasteiger partial charge < -0.3 is 10.5 Å². The fourth-order valence-electron chi connectivity index (χ4n) is 2.29.